The SMILES string of the molecule is CCC(C)N(C)CCC(=O)c1ccc(F)cc1. The van der Waals surface area contributed by atoms with E-state index >= 15 is 0 Å². The molecule has 0 fully saturated rings. The smallest absolute Gasteiger partial charge is 0.164 e. The Morgan fingerprint density at radius 1 is 1.35 bits per heavy atom. The van der Waals surface area contributed by atoms with E-state index in [9.17, 15) is 9.18 Å². The summed E-state index contributed by atoms with van der Waals surface area (Å²) in [7, 11) is 2.02. The summed E-state index contributed by atoms with van der Waals surface area (Å²) in [5.74, 6) is -0.238. The molecule has 0 aliphatic rings. The number of hydrogen-bond donors (Lipinski definition) is 0. The third kappa shape index (κ3) is 4.27. The molecule has 94 valence electrons. The van der Waals surface area contributed by atoms with E-state index in [0.717, 1.165) is 13.0 Å². The van der Waals surface area contributed by atoms with Gasteiger partial charge in [0.05, 0.1) is 0 Å². The van der Waals surface area contributed by atoms with Crippen LogP contribution in [0.2, 0.25) is 0 Å². The van der Waals surface area contributed by atoms with Crippen LogP contribution in [0.25, 0.3) is 0 Å². The van der Waals surface area contributed by atoms with Crippen LogP contribution >= 0.6 is 0 Å². The molecule has 1 aromatic carbocycles. The van der Waals surface area contributed by atoms with Crippen LogP contribution in [0, 0.1) is 5.82 Å². The van der Waals surface area contributed by atoms with Gasteiger partial charge in [-0.05, 0) is 44.7 Å². The van der Waals surface area contributed by atoms with E-state index in [2.05, 4.69) is 18.7 Å². The van der Waals surface area contributed by atoms with Crippen LogP contribution in [0.1, 0.15) is 37.0 Å². The fourth-order valence-electron chi connectivity index (χ4n) is 1.59. The summed E-state index contributed by atoms with van der Waals surface area (Å²) in [5.41, 5.74) is 0.587. The molecule has 0 aromatic heterocycles. The fraction of sp³-hybridized carbons (Fsp3) is 0.500. The largest absolute Gasteiger partial charge is 0.303 e. The van der Waals surface area contributed by atoms with Crippen LogP contribution in [0.5, 0.6) is 0 Å². The second-order valence-corrected chi connectivity index (χ2v) is 4.42. The average molecular weight is 237 g/mol. The summed E-state index contributed by atoms with van der Waals surface area (Å²) in [4.78, 5) is 14.0. The van der Waals surface area contributed by atoms with Gasteiger partial charge in [-0.3, -0.25) is 4.79 Å². The molecule has 3 heteroatoms. The van der Waals surface area contributed by atoms with E-state index in [0.29, 0.717) is 18.0 Å². The number of hydrogen-bond acceptors (Lipinski definition) is 2. The quantitative estimate of drug-likeness (QED) is 0.708. The molecule has 0 aliphatic carbocycles. The lowest BCUT2D eigenvalue weighted by Gasteiger charge is -2.22. The Bertz CT molecular complexity index is 361. The molecule has 0 bridgehead atoms. The molecular weight excluding hydrogens is 217 g/mol. The maximum absolute atomic E-state index is 12.7. The normalized spacial score (nSPS) is 12.8. The molecule has 1 atom stereocenters. The highest BCUT2D eigenvalue weighted by atomic mass is 19.1. The van der Waals surface area contributed by atoms with Crippen molar-refractivity contribution >= 4 is 5.78 Å². The maximum atomic E-state index is 12.7. The molecule has 2 nitrogen and oxygen atoms in total. The zero-order valence-electron chi connectivity index (χ0n) is 10.7. The van der Waals surface area contributed by atoms with Crippen LogP contribution in [0.4, 0.5) is 4.39 Å². The predicted octanol–water partition coefficient (Wildman–Crippen LogP) is 3.13. The van der Waals surface area contributed by atoms with Crippen molar-refractivity contribution in [3.05, 3.63) is 35.6 Å². The van der Waals surface area contributed by atoms with Crippen LogP contribution in [0.15, 0.2) is 24.3 Å². The van der Waals surface area contributed by atoms with Crippen molar-refractivity contribution in [3.8, 4) is 0 Å². The molecule has 0 radical (unpaired) electrons. The molecule has 0 saturated carbocycles. The zero-order valence-corrected chi connectivity index (χ0v) is 10.7. The lowest BCUT2D eigenvalue weighted by atomic mass is 10.1. The lowest BCUT2D eigenvalue weighted by Crippen LogP contribution is -2.30. The molecule has 1 rings (SSSR count). The summed E-state index contributed by atoms with van der Waals surface area (Å²) in [6.45, 7) is 5.01. The molecule has 0 N–H and O–H groups in total. The lowest BCUT2D eigenvalue weighted by molar-refractivity contribution is 0.0961. The van der Waals surface area contributed by atoms with Gasteiger partial charge in [0, 0.05) is 24.6 Å². The summed E-state index contributed by atoms with van der Waals surface area (Å²) in [6.07, 6.45) is 1.55. The number of halogens is 1. The van der Waals surface area contributed by atoms with Crippen molar-refractivity contribution in [1.29, 1.82) is 0 Å². The van der Waals surface area contributed by atoms with Gasteiger partial charge in [-0.2, -0.15) is 0 Å². The number of carbonyl (C=O) groups is 1. The van der Waals surface area contributed by atoms with E-state index < -0.39 is 0 Å². The molecule has 17 heavy (non-hydrogen) atoms. The minimum absolute atomic E-state index is 0.0696. The minimum Gasteiger partial charge on any atom is -0.303 e. The Labute approximate surface area is 102 Å². The Morgan fingerprint density at radius 2 is 1.94 bits per heavy atom. The molecular formula is C14H20FNO. The zero-order chi connectivity index (χ0) is 12.8. The molecule has 1 unspecified atom stereocenters. The fourth-order valence-corrected chi connectivity index (χ4v) is 1.59. The van der Waals surface area contributed by atoms with Gasteiger partial charge in [-0.25, -0.2) is 4.39 Å². The monoisotopic (exact) mass is 237 g/mol. The van der Waals surface area contributed by atoms with Gasteiger partial charge in [0.25, 0.3) is 0 Å². The standard InChI is InChI=1S/C14H20FNO/c1-4-11(2)16(3)10-9-14(17)12-5-7-13(15)8-6-12/h5-8,11H,4,9-10H2,1-3H3. The average Bonchev–Trinajstić information content (AvgIpc) is 2.35. The number of ketones is 1. The number of benzene rings is 1. The van der Waals surface area contributed by atoms with E-state index in [4.69, 9.17) is 0 Å². The highest BCUT2D eigenvalue weighted by Crippen LogP contribution is 2.07. The van der Waals surface area contributed by atoms with Gasteiger partial charge in [-0.15, -0.1) is 0 Å². The van der Waals surface area contributed by atoms with Crippen molar-refractivity contribution in [1.82, 2.24) is 4.90 Å². The summed E-state index contributed by atoms with van der Waals surface area (Å²) < 4.78 is 12.7. The van der Waals surface area contributed by atoms with Gasteiger partial charge < -0.3 is 4.90 Å². The predicted molar refractivity (Wildman–Crippen MR) is 67.7 cm³/mol. The van der Waals surface area contributed by atoms with Gasteiger partial charge >= 0.3 is 0 Å². The Hall–Kier alpha value is -1.22. The summed E-state index contributed by atoms with van der Waals surface area (Å²) in [6, 6.07) is 6.22. The first-order valence-corrected chi connectivity index (χ1v) is 6.03. The first-order valence-electron chi connectivity index (χ1n) is 6.03. The molecule has 0 spiro atoms. The summed E-state index contributed by atoms with van der Waals surface area (Å²) in [5, 5.41) is 0. The van der Waals surface area contributed by atoms with Crippen LogP contribution in [-0.4, -0.2) is 30.3 Å². The summed E-state index contributed by atoms with van der Waals surface area (Å²) >= 11 is 0. The minimum atomic E-state index is -0.307. The Kier molecular flexibility index (Phi) is 5.29. The van der Waals surface area contributed by atoms with Crippen LogP contribution in [0.3, 0.4) is 0 Å². The first-order chi connectivity index (χ1) is 8.04. The highest BCUT2D eigenvalue weighted by molar-refractivity contribution is 5.96. The molecule has 0 aliphatic heterocycles. The first kappa shape index (κ1) is 13.8. The molecule has 1 aromatic rings. The second kappa shape index (κ2) is 6.50. The number of carbonyl (C=O) groups excluding carboxylic acids is 1. The van der Waals surface area contributed by atoms with Crippen molar-refractivity contribution < 1.29 is 9.18 Å². The van der Waals surface area contributed by atoms with Crippen molar-refractivity contribution in [3.63, 3.8) is 0 Å². The van der Waals surface area contributed by atoms with Gasteiger partial charge in [0.1, 0.15) is 5.82 Å². The number of nitrogens with zero attached hydrogens (tertiary/aromatic N) is 1. The van der Waals surface area contributed by atoms with Crippen molar-refractivity contribution in [2.75, 3.05) is 13.6 Å². The highest BCUT2D eigenvalue weighted by Gasteiger charge is 2.10. The van der Waals surface area contributed by atoms with Crippen molar-refractivity contribution in [2.45, 2.75) is 32.7 Å². The van der Waals surface area contributed by atoms with Crippen molar-refractivity contribution in [2.24, 2.45) is 0 Å². The number of Topliss-reactive ketones (excluding diaryl/α,β-unsaturated/α-hetero) is 1. The van der Waals surface area contributed by atoms with E-state index in [1.807, 2.05) is 7.05 Å². The number of rotatable bonds is 6. The van der Waals surface area contributed by atoms with Crippen LogP contribution < -0.4 is 0 Å². The molecule has 0 heterocycles. The Balaban J connectivity index is 2.47. The van der Waals surface area contributed by atoms with E-state index in [-0.39, 0.29) is 11.6 Å². The van der Waals surface area contributed by atoms with Gasteiger partial charge in [0.2, 0.25) is 0 Å². The van der Waals surface area contributed by atoms with E-state index in [1.54, 1.807) is 12.1 Å². The van der Waals surface area contributed by atoms with E-state index in [1.165, 1.54) is 12.1 Å². The second-order valence-electron chi connectivity index (χ2n) is 4.42. The van der Waals surface area contributed by atoms with Gasteiger partial charge in [0.15, 0.2) is 5.78 Å². The van der Waals surface area contributed by atoms with Crippen LogP contribution in [-0.2, 0) is 0 Å². The third-order valence-electron chi connectivity index (χ3n) is 3.20. The molecule has 0 amide bonds. The van der Waals surface area contributed by atoms with Gasteiger partial charge in [-0.1, -0.05) is 6.92 Å². The topological polar surface area (TPSA) is 20.3 Å². The third-order valence-corrected chi connectivity index (χ3v) is 3.20. The Morgan fingerprint density at radius 3 is 2.47 bits per heavy atom. The molecule has 0 saturated heterocycles. The maximum Gasteiger partial charge on any atom is 0.164 e.